The number of nitrogens with zero attached hydrogens (tertiary/aromatic N) is 1. The van der Waals surface area contributed by atoms with Gasteiger partial charge in [-0.1, -0.05) is 30.3 Å². The number of ether oxygens (including phenoxy) is 1. The van der Waals surface area contributed by atoms with E-state index in [2.05, 4.69) is 5.32 Å². The first-order valence-corrected chi connectivity index (χ1v) is 7.84. The highest BCUT2D eigenvalue weighted by Crippen LogP contribution is 2.21. The largest absolute Gasteiger partial charge is 0.452 e. The van der Waals surface area contributed by atoms with Crippen LogP contribution in [0.2, 0.25) is 0 Å². The second-order valence-electron chi connectivity index (χ2n) is 5.61. The number of nitro benzene ring substituents is 1. The zero-order valence-corrected chi connectivity index (χ0v) is 13.8. The lowest BCUT2D eigenvalue weighted by Crippen LogP contribution is -2.21. The van der Waals surface area contributed by atoms with E-state index in [1.165, 1.54) is 0 Å². The summed E-state index contributed by atoms with van der Waals surface area (Å²) >= 11 is 0. The van der Waals surface area contributed by atoms with Crippen LogP contribution in [-0.4, -0.2) is 23.4 Å². The molecule has 136 valence electrons. The molecular weight excluding hydrogens is 355 g/mol. The normalized spacial score (nSPS) is 10.4. The average Bonchev–Trinajstić information content (AvgIpc) is 2.67. The Morgan fingerprint density at radius 2 is 1.78 bits per heavy atom. The lowest BCUT2D eigenvalue weighted by Gasteiger charge is -2.08. The number of carbonyl (C=O) groups excluding carboxylic acids is 2. The summed E-state index contributed by atoms with van der Waals surface area (Å²) in [5.41, 5.74) is -0.473. The van der Waals surface area contributed by atoms with Crippen molar-refractivity contribution >= 4 is 34.0 Å². The third-order valence-electron chi connectivity index (χ3n) is 3.75. The Morgan fingerprint density at radius 3 is 2.52 bits per heavy atom. The first kappa shape index (κ1) is 18.0. The quantitative estimate of drug-likeness (QED) is 0.421. The van der Waals surface area contributed by atoms with Gasteiger partial charge in [-0.3, -0.25) is 14.9 Å². The number of rotatable bonds is 5. The number of hydrogen-bond acceptors (Lipinski definition) is 5. The van der Waals surface area contributed by atoms with E-state index < -0.39 is 29.2 Å². The van der Waals surface area contributed by atoms with Gasteiger partial charge in [-0.05, 0) is 29.0 Å². The fourth-order valence-corrected chi connectivity index (χ4v) is 2.44. The average molecular weight is 368 g/mol. The topological polar surface area (TPSA) is 98.5 Å². The molecule has 1 N–H and O–H groups in total. The fourth-order valence-electron chi connectivity index (χ4n) is 2.44. The van der Waals surface area contributed by atoms with Crippen molar-refractivity contribution in [1.29, 1.82) is 0 Å². The van der Waals surface area contributed by atoms with Crippen molar-refractivity contribution in [2.24, 2.45) is 0 Å². The number of fused-ring (bicyclic) bond motifs is 1. The van der Waals surface area contributed by atoms with Crippen molar-refractivity contribution in [1.82, 2.24) is 0 Å². The summed E-state index contributed by atoms with van der Waals surface area (Å²) in [6.45, 7) is -0.659. The number of nitro groups is 1. The van der Waals surface area contributed by atoms with Crippen LogP contribution in [0.4, 0.5) is 15.8 Å². The van der Waals surface area contributed by atoms with Crippen molar-refractivity contribution in [2.75, 3.05) is 11.9 Å². The van der Waals surface area contributed by atoms with Gasteiger partial charge in [-0.15, -0.1) is 0 Å². The standard InChI is InChI=1S/C19H13FN2O5/c20-16-8-7-15(22(25)26)10-17(16)21-18(23)11-27-19(24)14-6-5-12-3-1-2-4-13(12)9-14/h1-10H,11H2,(H,21,23). The maximum atomic E-state index is 13.7. The van der Waals surface area contributed by atoms with Crippen LogP contribution in [0.25, 0.3) is 10.8 Å². The van der Waals surface area contributed by atoms with E-state index >= 15 is 0 Å². The van der Waals surface area contributed by atoms with E-state index in [-0.39, 0.29) is 16.9 Å². The van der Waals surface area contributed by atoms with Gasteiger partial charge in [-0.2, -0.15) is 0 Å². The maximum absolute atomic E-state index is 13.7. The molecule has 0 unspecified atom stereocenters. The maximum Gasteiger partial charge on any atom is 0.338 e. The van der Waals surface area contributed by atoms with Crippen LogP contribution in [0, 0.1) is 15.9 Å². The summed E-state index contributed by atoms with van der Waals surface area (Å²) in [6, 6.07) is 15.1. The van der Waals surface area contributed by atoms with Crippen LogP contribution in [0.1, 0.15) is 10.4 Å². The summed E-state index contributed by atoms with van der Waals surface area (Å²) in [5, 5.41) is 14.7. The minimum atomic E-state index is -0.838. The molecule has 0 aliphatic heterocycles. The molecular formula is C19H13FN2O5. The molecule has 3 rings (SSSR count). The lowest BCUT2D eigenvalue weighted by atomic mass is 10.1. The number of carbonyl (C=O) groups is 2. The molecule has 0 aliphatic carbocycles. The predicted octanol–water partition coefficient (Wildman–Crippen LogP) is 3.68. The van der Waals surface area contributed by atoms with Gasteiger partial charge in [0.05, 0.1) is 16.2 Å². The van der Waals surface area contributed by atoms with Gasteiger partial charge in [0, 0.05) is 12.1 Å². The number of halogens is 1. The molecule has 0 spiro atoms. The number of hydrogen-bond donors (Lipinski definition) is 1. The zero-order chi connectivity index (χ0) is 19.4. The van der Waals surface area contributed by atoms with E-state index in [0.717, 1.165) is 29.0 Å². The highest BCUT2D eigenvalue weighted by molar-refractivity contribution is 5.98. The molecule has 0 atom stereocenters. The summed E-state index contributed by atoms with van der Waals surface area (Å²) in [7, 11) is 0. The number of esters is 1. The number of amides is 1. The molecule has 0 heterocycles. The van der Waals surface area contributed by atoms with Gasteiger partial charge < -0.3 is 10.1 Å². The Balaban J connectivity index is 1.64. The van der Waals surface area contributed by atoms with Gasteiger partial charge in [0.1, 0.15) is 5.82 Å². The van der Waals surface area contributed by atoms with Crippen molar-refractivity contribution < 1.29 is 23.6 Å². The predicted molar refractivity (Wildman–Crippen MR) is 95.9 cm³/mol. The minimum absolute atomic E-state index is 0.267. The first-order chi connectivity index (χ1) is 12.9. The highest BCUT2D eigenvalue weighted by Gasteiger charge is 2.15. The third-order valence-corrected chi connectivity index (χ3v) is 3.75. The van der Waals surface area contributed by atoms with Crippen LogP contribution in [-0.2, 0) is 9.53 Å². The van der Waals surface area contributed by atoms with Crippen LogP contribution >= 0.6 is 0 Å². The minimum Gasteiger partial charge on any atom is -0.452 e. The van der Waals surface area contributed by atoms with Crippen LogP contribution < -0.4 is 5.32 Å². The number of benzene rings is 3. The molecule has 8 heteroatoms. The molecule has 0 bridgehead atoms. The Bertz CT molecular complexity index is 1050. The molecule has 0 aromatic heterocycles. The number of anilines is 1. The smallest absolute Gasteiger partial charge is 0.338 e. The summed E-state index contributed by atoms with van der Waals surface area (Å²) < 4.78 is 18.6. The second kappa shape index (κ2) is 7.61. The Labute approximate surface area is 152 Å². The molecule has 0 saturated heterocycles. The van der Waals surface area contributed by atoms with Gasteiger partial charge in [0.2, 0.25) is 0 Å². The lowest BCUT2D eigenvalue weighted by molar-refractivity contribution is -0.384. The molecule has 1 amide bonds. The fraction of sp³-hybridized carbons (Fsp3) is 0.0526. The molecule has 0 fully saturated rings. The highest BCUT2D eigenvalue weighted by atomic mass is 19.1. The Morgan fingerprint density at radius 1 is 1.04 bits per heavy atom. The monoisotopic (exact) mass is 368 g/mol. The van der Waals surface area contributed by atoms with Crippen molar-refractivity contribution in [3.05, 3.63) is 82.2 Å². The van der Waals surface area contributed by atoms with E-state index in [9.17, 15) is 24.1 Å². The van der Waals surface area contributed by atoms with Crippen LogP contribution in [0.15, 0.2) is 60.7 Å². The zero-order valence-electron chi connectivity index (χ0n) is 13.8. The Hall–Kier alpha value is -3.81. The SMILES string of the molecule is O=C(COC(=O)c1ccc2ccccc2c1)Nc1cc([N+](=O)[O-])ccc1F. The first-order valence-electron chi connectivity index (χ1n) is 7.84. The van der Waals surface area contributed by atoms with Crippen molar-refractivity contribution in [3.8, 4) is 0 Å². The van der Waals surface area contributed by atoms with Gasteiger partial charge in [0.15, 0.2) is 6.61 Å². The van der Waals surface area contributed by atoms with Gasteiger partial charge in [0.25, 0.3) is 11.6 Å². The van der Waals surface area contributed by atoms with Gasteiger partial charge >= 0.3 is 5.97 Å². The third kappa shape index (κ3) is 4.24. The molecule has 7 nitrogen and oxygen atoms in total. The summed E-state index contributed by atoms with van der Waals surface area (Å²) in [4.78, 5) is 34.0. The van der Waals surface area contributed by atoms with E-state index in [4.69, 9.17) is 4.74 Å². The summed E-state index contributed by atoms with van der Waals surface area (Å²) in [5.74, 6) is -2.37. The van der Waals surface area contributed by atoms with Crippen LogP contribution in [0.3, 0.4) is 0 Å². The number of nitrogens with one attached hydrogen (secondary N) is 1. The summed E-state index contributed by atoms with van der Waals surface area (Å²) in [6.07, 6.45) is 0. The molecule has 0 radical (unpaired) electrons. The molecule has 0 saturated carbocycles. The Kier molecular flexibility index (Phi) is 5.07. The van der Waals surface area contributed by atoms with Crippen LogP contribution in [0.5, 0.6) is 0 Å². The molecule has 3 aromatic rings. The second-order valence-corrected chi connectivity index (χ2v) is 5.61. The molecule has 3 aromatic carbocycles. The van der Waals surface area contributed by atoms with E-state index in [1.54, 1.807) is 18.2 Å². The van der Waals surface area contributed by atoms with E-state index in [0.29, 0.717) is 0 Å². The van der Waals surface area contributed by atoms with Crippen molar-refractivity contribution in [3.63, 3.8) is 0 Å². The number of non-ortho nitro benzene ring substituents is 1. The van der Waals surface area contributed by atoms with Crippen molar-refractivity contribution in [2.45, 2.75) is 0 Å². The molecule has 0 aliphatic rings. The van der Waals surface area contributed by atoms with E-state index in [1.807, 2.05) is 24.3 Å². The molecule has 27 heavy (non-hydrogen) atoms. The van der Waals surface area contributed by atoms with Gasteiger partial charge in [-0.25, -0.2) is 9.18 Å².